The highest BCUT2D eigenvalue weighted by molar-refractivity contribution is 6.32. The average molecular weight is 353 g/mol. The minimum atomic E-state index is -1.01. The molecule has 0 aliphatic rings. The molecule has 1 aromatic carbocycles. The summed E-state index contributed by atoms with van der Waals surface area (Å²) in [4.78, 5) is 22.7. The van der Waals surface area contributed by atoms with Gasteiger partial charge >= 0.3 is 5.97 Å². The van der Waals surface area contributed by atoms with Crippen LogP contribution >= 0.6 is 11.6 Å². The van der Waals surface area contributed by atoms with Crippen molar-refractivity contribution in [2.75, 3.05) is 6.61 Å². The molecule has 0 unspecified atom stereocenters. The topological polar surface area (TPSA) is 106 Å². The number of carboxylic acid groups (broad SMARTS) is 1. The molecule has 0 saturated heterocycles. The molecule has 0 fully saturated rings. The maximum absolute atomic E-state index is 12.1. The lowest BCUT2D eigenvalue weighted by Crippen LogP contribution is -2.25. The first-order valence-corrected chi connectivity index (χ1v) is 7.65. The molecule has 2 rings (SSSR count). The van der Waals surface area contributed by atoms with E-state index in [2.05, 4.69) is 15.6 Å². The van der Waals surface area contributed by atoms with Crippen LogP contribution in [0.3, 0.4) is 0 Å². The number of para-hydroxylation sites is 1. The van der Waals surface area contributed by atoms with Gasteiger partial charge in [-0.3, -0.25) is 9.59 Å². The zero-order chi connectivity index (χ0) is 17.5. The fourth-order valence-electron chi connectivity index (χ4n) is 2.06. The molecule has 0 aliphatic carbocycles. The third-order valence-electron chi connectivity index (χ3n) is 3.04. The lowest BCUT2D eigenvalue weighted by Gasteiger charge is -2.11. The van der Waals surface area contributed by atoms with Crippen LogP contribution in [-0.2, 0) is 29.1 Å². The first kappa shape index (κ1) is 17.7. The van der Waals surface area contributed by atoms with Gasteiger partial charge in [0, 0.05) is 5.56 Å². The van der Waals surface area contributed by atoms with Gasteiger partial charge < -0.3 is 15.2 Å². The summed E-state index contributed by atoms with van der Waals surface area (Å²) in [6, 6.07) is 5.24. The minimum Gasteiger partial charge on any atom is -0.492 e. The number of carboxylic acids is 1. The molecule has 0 aliphatic heterocycles. The number of rotatable bonds is 8. The fraction of sp³-hybridized carbons (Fsp3) is 0.333. The van der Waals surface area contributed by atoms with Gasteiger partial charge in [0.15, 0.2) is 0 Å². The summed E-state index contributed by atoms with van der Waals surface area (Å²) in [5.41, 5.74) is 1.16. The number of nitrogens with zero attached hydrogens (tertiary/aromatic N) is 3. The molecule has 1 amide bonds. The second-order valence-corrected chi connectivity index (χ2v) is 5.32. The van der Waals surface area contributed by atoms with E-state index in [0.29, 0.717) is 28.6 Å². The molecule has 1 aromatic heterocycles. The second kappa shape index (κ2) is 8.30. The van der Waals surface area contributed by atoms with Gasteiger partial charge in [-0.15, -0.1) is 5.10 Å². The van der Waals surface area contributed by atoms with Crippen molar-refractivity contribution in [3.8, 4) is 5.75 Å². The first-order chi connectivity index (χ1) is 11.5. The summed E-state index contributed by atoms with van der Waals surface area (Å²) in [6.45, 7) is 2.17. The van der Waals surface area contributed by atoms with Crippen LogP contribution < -0.4 is 10.1 Å². The van der Waals surface area contributed by atoms with Gasteiger partial charge in [0.2, 0.25) is 5.91 Å². The van der Waals surface area contributed by atoms with Crippen molar-refractivity contribution in [3.05, 3.63) is 40.7 Å². The zero-order valence-electron chi connectivity index (χ0n) is 13.0. The fourth-order valence-corrected chi connectivity index (χ4v) is 2.31. The zero-order valence-corrected chi connectivity index (χ0v) is 13.8. The summed E-state index contributed by atoms with van der Waals surface area (Å²) in [5.74, 6) is -0.741. The van der Waals surface area contributed by atoms with Crippen LogP contribution in [0.2, 0.25) is 5.02 Å². The molecule has 128 valence electrons. The molecule has 2 aromatic rings. The van der Waals surface area contributed by atoms with Gasteiger partial charge in [-0.25, -0.2) is 4.68 Å². The van der Waals surface area contributed by atoms with Crippen molar-refractivity contribution in [2.24, 2.45) is 0 Å². The van der Waals surface area contributed by atoms with Crippen LogP contribution in [0.5, 0.6) is 5.75 Å². The van der Waals surface area contributed by atoms with Gasteiger partial charge in [0.05, 0.1) is 30.8 Å². The Morgan fingerprint density at radius 3 is 2.92 bits per heavy atom. The lowest BCUT2D eigenvalue weighted by molar-refractivity contribution is -0.138. The van der Waals surface area contributed by atoms with Gasteiger partial charge in [0.1, 0.15) is 18.0 Å². The van der Waals surface area contributed by atoms with Crippen molar-refractivity contribution in [1.29, 1.82) is 0 Å². The third-order valence-corrected chi connectivity index (χ3v) is 3.34. The van der Waals surface area contributed by atoms with Crippen molar-refractivity contribution in [2.45, 2.75) is 26.4 Å². The van der Waals surface area contributed by atoms with E-state index in [4.69, 9.17) is 21.4 Å². The number of aromatic nitrogens is 3. The Labute approximate surface area is 143 Å². The smallest absolute Gasteiger partial charge is 0.325 e. The molecule has 1 heterocycles. The molecule has 9 heteroatoms. The number of carbonyl (C=O) groups is 2. The van der Waals surface area contributed by atoms with E-state index >= 15 is 0 Å². The van der Waals surface area contributed by atoms with Crippen molar-refractivity contribution in [3.63, 3.8) is 0 Å². The van der Waals surface area contributed by atoms with Crippen LogP contribution in [0.15, 0.2) is 24.4 Å². The Hall–Kier alpha value is -2.61. The predicted octanol–water partition coefficient (Wildman–Crippen LogP) is 1.27. The molecule has 0 radical (unpaired) electrons. The van der Waals surface area contributed by atoms with E-state index in [9.17, 15) is 9.59 Å². The Kier molecular flexibility index (Phi) is 6.14. The Bertz CT molecular complexity index is 732. The summed E-state index contributed by atoms with van der Waals surface area (Å²) < 4.78 is 6.67. The molecule has 8 nitrogen and oxygen atoms in total. The number of hydrogen-bond acceptors (Lipinski definition) is 5. The van der Waals surface area contributed by atoms with E-state index in [0.717, 1.165) is 0 Å². The maximum Gasteiger partial charge on any atom is 0.325 e. The number of hydrogen-bond donors (Lipinski definition) is 2. The SMILES string of the molecule is CCOc1c(Cl)cccc1CC(=O)NCc1cn(CC(=O)O)nn1. The van der Waals surface area contributed by atoms with E-state index < -0.39 is 5.97 Å². The number of aliphatic carboxylic acids is 1. The van der Waals surface area contributed by atoms with Crippen molar-refractivity contribution in [1.82, 2.24) is 20.3 Å². The van der Waals surface area contributed by atoms with Crippen LogP contribution in [0.4, 0.5) is 0 Å². The highest BCUT2D eigenvalue weighted by Crippen LogP contribution is 2.29. The summed E-state index contributed by atoms with van der Waals surface area (Å²) in [6.07, 6.45) is 1.58. The molecule has 0 atom stereocenters. The van der Waals surface area contributed by atoms with E-state index in [1.54, 1.807) is 18.2 Å². The lowest BCUT2D eigenvalue weighted by atomic mass is 10.1. The quantitative estimate of drug-likeness (QED) is 0.741. The van der Waals surface area contributed by atoms with Gasteiger partial charge in [0.25, 0.3) is 0 Å². The second-order valence-electron chi connectivity index (χ2n) is 4.92. The van der Waals surface area contributed by atoms with Gasteiger partial charge in [-0.05, 0) is 13.0 Å². The number of amides is 1. The van der Waals surface area contributed by atoms with Crippen molar-refractivity contribution >= 4 is 23.5 Å². The molecular weight excluding hydrogens is 336 g/mol. The molecule has 0 spiro atoms. The normalized spacial score (nSPS) is 10.4. The number of carbonyl (C=O) groups excluding carboxylic acids is 1. The van der Waals surface area contributed by atoms with Crippen LogP contribution in [0.25, 0.3) is 0 Å². The summed E-state index contributed by atoms with van der Waals surface area (Å²) in [5, 5.41) is 19.3. The van der Waals surface area contributed by atoms with E-state index in [1.165, 1.54) is 10.9 Å². The Balaban J connectivity index is 1.93. The number of ether oxygens (including phenoxy) is 1. The van der Waals surface area contributed by atoms with Gasteiger partial charge in [-0.2, -0.15) is 0 Å². The van der Waals surface area contributed by atoms with E-state index in [1.807, 2.05) is 6.92 Å². The van der Waals surface area contributed by atoms with Gasteiger partial charge in [-0.1, -0.05) is 28.9 Å². The van der Waals surface area contributed by atoms with Crippen LogP contribution in [0.1, 0.15) is 18.2 Å². The summed E-state index contributed by atoms with van der Waals surface area (Å²) in [7, 11) is 0. The maximum atomic E-state index is 12.1. The number of halogens is 1. The number of benzene rings is 1. The molecule has 0 saturated carbocycles. The monoisotopic (exact) mass is 352 g/mol. The molecule has 24 heavy (non-hydrogen) atoms. The molecule has 0 bridgehead atoms. The predicted molar refractivity (Wildman–Crippen MR) is 85.8 cm³/mol. The van der Waals surface area contributed by atoms with Crippen LogP contribution in [-0.4, -0.2) is 38.6 Å². The van der Waals surface area contributed by atoms with Crippen molar-refractivity contribution < 1.29 is 19.4 Å². The molecular formula is C15H17ClN4O4. The Morgan fingerprint density at radius 2 is 2.21 bits per heavy atom. The third kappa shape index (κ3) is 4.95. The van der Waals surface area contributed by atoms with Crippen LogP contribution in [0, 0.1) is 0 Å². The first-order valence-electron chi connectivity index (χ1n) is 7.27. The minimum absolute atomic E-state index is 0.110. The highest BCUT2D eigenvalue weighted by Gasteiger charge is 2.12. The average Bonchev–Trinajstić information content (AvgIpc) is 2.95. The number of nitrogens with one attached hydrogen (secondary N) is 1. The standard InChI is InChI=1S/C15H17ClN4O4/c1-2-24-15-10(4-3-5-12(15)16)6-13(21)17-7-11-8-20(19-18-11)9-14(22)23/h3-5,8H,2,6-7,9H2,1H3,(H,17,21)(H,22,23). The molecule has 2 N–H and O–H groups in total. The Morgan fingerprint density at radius 1 is 1.42 bits per heavy atom. The van der Waals surface area contributed by atoms with E-state index in [-0.39, 0.29) is 25.4 Å². The highest BCUT2D eigenvalue weighted by atomic mass is 35.5. The summed E-state index contributed by atoms with van der Waals surface area (Å²) >= 11 is 6.08. The largest absolute Gasteiger partial charge is 0.492 e.